The molecule has 0 spiro atoms. The molecule has 6 aliphatic rings. The number of methoxy groups -OCH3 is 1. The number of esters is 2. The second-order valence-corrected chi connectivity index (χ2v) is 19.2. The fourth-order valence-electron chi connectivity index (χ4n) is 10.0. The maximum atomic E-state index is 13.6. The number of nitrogens with zero attached hydrogens (tertiary/aromatic N) is 3. The molecule has 10 heteroatoms. The summed E-state index contributed by atoms with van der Waals surface area (Å²) in [5.74, 6) is -0.128. The van der Waals surface area contributed by atoms with Gasteiger partial charge in [0.15, 0.2) is 0 Å². The smallest absolute Gasteiger partial charge is 0.510 e. The summed E-state index contributed by atoms with van der Waals surface area (Å²) in [6.07, 6.45) is 21.9. The van der Waals surface area contributed by atoms with Crippen LogP contribution in [0.25, 0.3) is 0 Å². The Morgan fingerprint density at radius 2 is 1.52 bits per heavy atom. The van der Waals surface area contributed by atoms with Gasteiger partial charge in [0, 0.05) is 46.4 Å². The Kier molecular flexibility index (Phi) is 17.6. The summed E-state index contributed by atoms with van der Waals surface area (Å²) in [6, 6.07) is 0. The normalized spacial score (nSPS) is 22.6. The third-order valence-corrected chi connectivity index (χ3v) is 14.1. The van der Waals surface area contributed by atoms with E-state index in [1.54, 1.807) is 6.26 Å². The van der Waals surface area contributed by atoms with Crippen LogP contribution in [0.2, 0.25) is 0 Å². The molecule has 8 bridgehead atoms. The van der Waals surface area contributed by atoms with Crippen LogP contribution in [0.5, 0.6) is 0 Å². The molecule has 6 rings (SSSR count). The number of ether oxygens (including phenoxy) is 2. The minimum Gasteiger partial charge on any atom is -0.510 e. The van der Waals surface area contributed by atoms with Gasteiger partial charge in [-0.2, -0.15) is 0 Å². The average molecular weight is 881 g/mol. The van der Waals surface area contributed by atoms with Gasteiger partial charge in [-0.15, -0.1) is 0 Å². The van der Waals surface area contributed by atoms with Gasteiger partial charge in [-0.1, -0.05) is 99.1 Å². The molecule has 0 aromatic carbocycles. The summed E-state index contributed by atoms with van der Waals surface area (Å²) in [6.45, 7) is 25.8. The number of hydrogen-bond donors (Lipinski definition) is 2. The fraction of sp³-hybridized carbons (Fsp3) is 0.537. The van der Waals surface area contributed by atoms with E-state index in [1.807, 2.05) is 39.0 Å². The minimum atomic E-state index is -1.08. The van der Waals surface area contributed by atoms with Crippen LogP contribution in [-0.4, -0.2) is 64.3 Å². The summed E-state index contributed by atoms with van der Waals surface area (Å²) in [5.41, 5.74) is 13.1. The van der Waals surface area contributed by atoms with Crippen molar-refractivity contribution in [2.45, 2.75) is 146 Å². The molecule has 338 valence electrons. The van der Waals surface area contributed by atoms with Crippen molar-refractivity contribution in [2.75, 3.05) is 7.11 Å². The van der Waals surface area contributed by atoms with E-state index in [0.717, 1.165) is 105 Å². The molecule has 0 aromatic rings. The van der Waals surface area contributed by atoms with Crippen LogP contribution < -0.4 is 5.32 Å². The monoisotopic (exact) mass is 881 g/mol. The molecule has 0 radical (unpaired) electrons. The molecule has 2 N–H and O–H groups in total. The van der Waals surface area contributed by atoms with Crippen molar-refractivity contribution >= 4 is 52.1 Å². The zero-order chi connectivity index (χ0) is 45.7. The molecular weight excluding hydrogens is 809 g/mol. The topological polar surface area (TPSA) is 122 Å². The summed E-state index contributed by atoms with van der Waals surface area (Å²) in [4.78, 5) is 42.4. The molecule has 1 saturated heterocycles. The number of aliphatic hydroxyl groups is 1. The van der Waals surface area contributed by atoms with Crippen LogP contribution in [-0.2, 0) is 19.1 Å². The van der Waals surface area contributed by atoms with Crippen molar-refractivity contribution in [1.82, 2.24) is 5.32 Å². The van der Waals surface area contributed by atoms with Crippen LogP contribution in [0.15, 0.2) is 131 Å². The number of carbonyl (C=O) groups is 2. The Morgan fingerprint density at radius 3 is 2.16 bits per heavy atom. The maximum absolute atomic E-state index is 13.6. The third-order valence-electron chi connectivity index (χ3n) is 14.1. The fourth-order valence-corrected chi connectivity index (χ4v) is 10.0. The van der Waals surface area contributed by atoms with Crippen LogP contribution in [0.1, 0.15) is 146 Å². The molecule has 5 atom stereocenters. The van der Waals surface area contributed by atoms with Crippen molar-refractivity contribution in [3.8, 4) is 0 Å². The van der Waals surface area contributed by atoms with E-state index in [2.05, 4.69) is 66.4 Å². The summed E-state index contributed by atoms with van der Waals surface area (Å²) < 4.78 is 11.1. The molecule has 0 saturated carbocycles. The van der Waals surface area contributed by atoms with E-state index in [4.69, 9.17) is 24.5 Å². The average Bonchev–Trinajstić information content (AvgIpc) is 3.99. The minimum absolute atomic E-state index is 0. The van der Waals surface area contributed by atoms with Crippen LogP contribution in [0.3, 0.4) is 0 Å². The van der Waals surface area contributed by atoms with E-state index in [-0.39, 0.29) is 53.0 Å². The number of carbonyl (C=O) groups excluding carboxylic acids is 2. The van der Waals surface area contributed by atoms with Gasteiger partial charge in [-0.05, 0) is 117 Å². The summed E-state index contributed by atoms with van der Waals surface area (Å²) >= 11 is 0. The van der Waals surface area contributed by atoms with E-state index in [1.165, 1.54) is 45.6 Å². The SMILES string of the molecule is C=CC1=C(C)C2=NC1=CC1=NC(=CC3=C(C)C4=C(O)C(C(=O)OC)C(=C5NC(=C2)[C@@H](C)[C@@H]5CCC(=O)O/C=C(\C)CCCC(C)CCCC(C)CCCC(C)C)C4=N3)C(CC)=C1C.[Mg+2]. The predicted molar refractivity (Wildman–Crippen MR) is 263 cm³/mol. The first kappa shape index (κ1) is 50.7. The first-order valence-electron chi connectivity index (χ1n) is 23.6. The van der Waals surface area contributed by atoms with Gasteiger partial charge in [-0.25, -0.2) is 15.0 Å². The number of aliphatic imine (C=N–C) groups is 3. The Labute approximate surface area is 399 Å². The number of aliphatic hydroxyl groups excluding tert-OH is 1. The van der Waals surface area contributed by atoms with Gasteiger partial charge >= 0.3 is 35.0 Å². The molecule has 0 aromatic heterocycles. The molecule has 3 unspecified atom stereocenters. The number of rotatable bonds is 19. The molecule has 1 fully saturated rings. The van der Waals surface area contributed by atoms with E-state index in [0.29, 0.717) is 34.9 Å². The summed E-state index contributed by atoms with van der Waals surface area (Å²) in [7, 11) is 1.33. The van der Waals surface area contributed by atoms with Crippen molar-refractivity contribution in [3.63, 3.8) is 0 Å². The van der Waals surface area contributed by atoms with E-state index < -0.39 is 11.9 Å². The van der Waals surface area contributed by atoms with E-state index in [9.17, 15) is 14.7 Å². The van der Waals surface area contributed by atoms with Crippen molar-refractivity contribution in [2.24, 2.45) is 50.5 Å². The molecule has 64 heavy (non-hydrogen) atoms. The second-order valence-electron chi connectivity index (χ2n) is 19.2. The molecule has 5 aliphatic heterocycles. The number of allylic oxidation sites excluding steroid dienone is 12. The molecule has 1 aliphatic carbocycles. The Balaban J connectivity index is 0.00000771. The molecule has 9 nitrogen and oxygen atoms in total. The van der Waals surface area contributed by atoms with Crippen LogP contribution in [0, 0.1) is 35.5 Å². The van der Waals surface area contributed by atoms with Gasteiger partial charge in [-0.3, -0.25) is 9.59 Å². The van der Waals surface area contributed by atoms with Crippen molar-refractivity contribution in [3.05, 3.63) is 116 Å². The first-order chi connectivity index (χ1) is 30.1. The zero-order valence-electron chi connectivity index (χ0n) is 40.7. The maximum Gasteiger partial charge on any atom is 2.00 e. The molecular formula is C54H72MgN4O5+2. The zero-order valence-corrected chi connectivity index (χ0v) is 42.1. The Hall–Kier alpha value is -4.28. The Morgan fingerprint density at radius 1 is 0.875 bits per heavy atom. The van der Waals surface area contributed by atoms with Gasteiger partial charge in [0.2, 0.25) is 0 Å². The van der Waals surface area contributed by atoms with Crippen molar-refractivity contribution < 1.29 is 24.2 Å². The van der Waals surface area contributed by atoms with Gasteiger partial charge in [0.25, 0.3) is 0 Å². The van der Waals surface area contributed by atoms with E-state index >= 15 is 0 Å². The number of hydrogen-bond acceptors (Lipinski definition) is 9. The van der Waals surface area contributed by atoms with Gasteiger partial charge in [0.05, 0.1) is 47.6 Å². The third kappa shape index (κ3) is 11.0. The van der Waals surface area contributed by atoms with Gasteiger partial charge < -0.3 is 19.9 Å². The van der Waals surface area contributed by atoms with Crippen molar-refractivity contribution in [1.29, 1.82) is 0 Å². The van der Waals surface area contributed by atoms with Gasteiger partial charge in [0.1, 0.15) is 11.7 Å². The van der Waals surface area contributed by atoms with Crippen LogP contribution in [0.4, 0.5) is 0 Å². The number of nitrogens with one attached hydrogen (secondary N) is 1. The number of fused-ring (bicyclic) bond motifs is 5. The molecule has 0 amide bonds. The first-order valence-corrected chi connectivity index (χ1v) is 23.6. The van der Waals surface area contributed by atoms with Crippen LogP contribution >= 0.6 is 0 Å². The Bertz CT molecular complexity index is 2290. The summed E-state index contributed by atoms with van der Waals surface area (Å²) in [5, 5.41) is 15.6. The predicted octanol–water partition coefficient (Wildman–Crippen LogP) is 12.5. The quantitative estimate of drug-likeness (QED) is 0.0757. The standard InChI is InChI=1S/C54H72N4O5.Mg/c1-13-38-34(8)41-26-43-36(10)40(24-25-47(59)63-29-33(7)23-17-22-32(6)21-16-20-31(5)19-15-18-30(3)4)51(57-43)49-50(54(61)62-12)53(60)48-37(11)44(58-52(48)49)28-46-39(14-2)35(9)42(56-46)27-45(38)55-41;/h13,26-32,36,40,50,57,60H,1,14-25H2,2-12H3;/q;+2/b33-29+,43-26?,45-27?,46-28?,51-49?;/t31?,32?,36-,40-,50?;/m0./s1. The largest absolute Gasteiger partial charge is 2.00 e. The molecule has 5 heterocycles. The second kappa shape index (κ2) is 22.3.